The van der Waals surface area contributed by atoms with Crippen LogP contribution in [-0.4, -0.2) is 67.2 Å². The van der Waals surface area contributed by atoms with Gasteiger partial charge in [-0.15, -0.1) is 0 Å². The summed E-state index contributed by atoms with van der Waals surface area (Å²) < 4.78 is 56.0. The topological polar surface area (TPSA) is 63.6 Å². The Morgan fingerprint density at radius 3 is 2.09 bits per heavy atom. The maximum absolute atomic E-state index is 13.0. The number of quaternary nitrogens is 1. The number of hydrogen-bond acceptors (Lipinski definition) is 3. The number of alkyl halides is 4. The number of esters is 1. The second-order valence-electron chi connectivity index (χ2n) is 5.84. The minimum absolute atomic E-state index is 0.0568. The van der Waals surface area contributed by atoms with Crippen molar-refractivity contribution in [2.24, 2.45) is 0 Å². The SMILES string of the molecule is CC(F)(F)C(F)(F)CCC(=O)OCC[N+](C)(C)CCC(=O)O. The van der Waals surface area contributed by atoms with Gasteiger partial charge >= 0.3 is 23.8 Å². The lowest BCUT2D eigenvalue weighted by Crippen LogP contribution is -2.44. The number of aliphatic carboxylic acids is 1. The Labute approximate surface area is 126 Å². The standard InChI is InChI=1S/C13H21F4NO4/c1-12(14,15)13(16,17)6-4-11(21)22-9-8-18(2,3)7-5-10(19)20/h4-9H2,1-3H3/p+1. The molecule has 9 heteroatoms. The predicted molar refractivity (Wildman–Crippen MR) is 69.9 cm³/mol. The Morgan fingerprint density at radius 1 is 1.09 bits per heavy atom. The molecule has 0 spiro atoms. The molecule has 1 N–H and O–H groups in total. The fourth-order valence-corrected chi connectivity index (χ4v) is 1.47. The van der Waals surface area contributed by atoms with E-state index in [4.69, 9.17) is 9.84 Å². The van der Waals surface area contributed by atoms with Crippen molar-refractivity contribution in [1.29, 1.82) is 0 Å². The molecule has 0 amide bonds. The molecule has 0 aromatic rings. The normalized spacial score (nSPS) is 13.0. The van der Waals surface area contributed by atoms with Gasteiger partial charge in [0, 0.05) is 13.3 Å². The van der Waals surface area contributed by atoms with E-state index in [0.717, 1.165) is 0 Å². The number of hydrogen-bond donors (Lipinski definition) is 1. The zero-order valence-electron chi connectivity index (χ0n) is 12.9. The molecule has 0 bridgehead atoms. The molecule has 0 saturated heterocycles. The van der Waals surface area contributed by atoms with Crippen LogP contribution in [0.1, 0.15) is 26.2 Å². The highest BCUT2D eigenvalue weighted by Gasteiger charge is 2.51. The van der Waals surface area contributed by atoms with E-state index in [1.165, 1.54) is 0 Å². The molecule has 0 rings (SSSR count). The van der Waals surface area contributed by atoms with E-state index in [1.807, 2.05) is 0 Å². The van der Waals surface area contributed by atoms with Crippen LogP contribution in [0.15, 0.2) is 0 Å². The minimum atomic E-state index is -4.26. The van der Waals surface area contributed by atoms with Gasteiger partial charge in [-0.25, -0.2) is 8.78 Å². The summed E-state index contributed by atoms with van der Waals surface area (Å²) in [6, 6.07) is 0. The summed E-state index contributed by atoms with van der Waals surface area (Å²) in [6.45, 7) is 0.604. The summed E-state index contributed by atoms with van der Waals surface area (Å²) in [7, 11) is 3.45. The number of carbonyl (C=O) groups is 2. The average Bonchev–Trinajstić information content (AvgIpc) is 2.32. The van der Waals surface area contributed by atoms with Crippen LogP contribution in [-0.2, 0) is 14.3 Å². The summed E-state index contributed by atoms with van der Waals surface area (Å²) in [5.74, 6) is -10.4. The lowest BCUT2D eigenvalue weighted by molar-refractivity contribution is -0.889. The van der Waals surface area contributed by atoms with Crippen LogP contribution in [0.5, 0.6) is 0 Å². The van der Waals surface area contributed by atoms with Crippen LogP contribution in [0.4, 0.5) is 17.6 Å². The highest BCUT2D eigenvalue weighted by Crippen LogP contribution is 2.37. The largest absolute Gasteiger partial charge is 0.481 e. The van der Waals surface area contributed by atoms with Crippen LogP contribution in [0.25, 0.3) is 0 Å². The Hall–Kier alpha value is -1.38. The van der Waals surface area contributed by atoms with E-state index < -0.39 is 36.6 Å². The number of ether oxygens (including phenoxy) is 1. The van der Waals surface area contributed by atoms with Gasteiger partial charge in [-0.05, 0) is 0 Å². The molecule has 0 fully saturated rings. The van der Waals surface area contributed by atoms with Crippen molar-refractivity contribution in [2.75, 3.05) is 33.8 Å². The first-order valence-corrected chi connectivity index (χ1v) is 6.72. The number of carboxylic acid groups (broad SMARTS) is 1. The Balaban J connectivity index is 4.08. The lowest BCUT2D eigenvalue weighted by atomic mass is 10.1. The van der Waals surface area contributed by atoms with Gasteiger partial charge < -0.3 is 14.3 Å². The summed E-state index contributed by atoms with van der Waals surface area (Å²) in [5.41, 5.74) is 0. The van der Waals surface area contributed by atoms with Gasteiger partial charge in [0.2, 0.25) is 0 Å². The Kier molecular flexibility index (Phi) is 7.27. The molecule has 0 radical (unpaired) electrons. The van der Waals surface area contributed by atoms with Gasteiger partial charge in [0.25, 0.3) is 0 Å². The third kappa shape index (κ3) is 8.16. The smallest absolute Gasteiger partial charge is 0.310 e. The number of rotatable bonds is 10. The van der Waals surface area contributed by atoms with Crippen LogP contribution in [0.3, 0.4) is 0 Å². The highest BCUT2D eigenvalue weighted by atomic mass is 19.3. The average molecular weight is 332 g/mol. The van der Waals surface area contributed by atoms with Crippen LogP contribution in [0.2, 0.25) is 0 Å². The van der Waals surface area contributed by atoms with Crippen LogP contribution in [0, 0.1) is 0 Å². The molecule has 22 heavy (non-hydrogen) atoms. The van der Waals surface area contributed by atoms with Gasteiger partial charge in [0.05, 0.1) is 33.5 Å². The van der Waals surface area contributed by atoms with E-state index in [-0.39, 0.29) is 24.4 Å². The first-order chi connectivity index (χ1) is 9.77. The first kappa shape index (κ1) is 20.6. The van der Waals surface area contributed by atoms with Crippen molar-refractivity contribution in [3.63, 3.8) is 0 Å². The van der Waals surface area contributed by atoms with E-state index in [2.05, 4.69) is 0 Å². The van der Waals surface area contributed by atoms with Crippen molar-refractivity contribution in [3.8, 4) is 0 Å². The molecule has 5 nitrogen and oxygen atoms in total. The molecule has 0 heterocycles. The zero-order chi connectivity index (χ0) is 17.6. The molecule has 0 aliphatic carbocycles. The monoisotopic (exact) mass is 332 g/mol. The minimum Gasteiger partial charge on any atom is -0.481 e. The summed E-state index contributed by atoms with van der Waals surface area (Å²) in [5, 5.41) is 8.57. The van der Waals surface area contributed by atoms with E-state index >= 15 is 0 Å². The molecular formula is C13H22F4NO4+. The number of nitrogens with zero attached hydrogens (tertiary/aromatic N) is 1. The van der Waals surface area contributed by atoms with E-state index in [0.29, 0.717) is 13.1 Å². The quantitative estimate of drug-likeness (QED) is 0.378. The van der Waals surface area contributed by atoms with E-state index in [1.54, 1.807) is 14.1 Å². The maximum atomic E-state index is 13.0. The molecule has 0 unspecified atom stereocenters. The molecular weight excluding hydrogens is 310 g/mol. The van der Waals surface area contributed by atoms with Gasteiger partial charge in [-0.1, -0.05) is 0 Å². The highest BCUT2D eigenvalue weighted by molar-refractivity contribution is 5.69. The van der Waals surface area contributed by atoms with Crippen molar-refractivity contribution >= 4 is 11.9 Å². The van der Waals surface area contributed by atoms with Crippen molar-refractivity contribution < 1.29 is 41.5 Å². The Bertz CT molecular complexity index is 394. The van der Waals surface area contributed by atoms with Gasteiger partial charge in [-0.3, -0.25) is 9.59 Å². The van der Waals surface area contributed by atoms with Gasteiger partial charge in [0.1, 0.15) is 13.2 Å². The third-order valence-corrected chi connectivity index (χ3v) is 3.18. The van der Waals surface area contributed by atoms with Crippen molar-refractivity contribution in [1.82, 2.24) is 0 Å². The maximum Gasteiger partial charge on any atom is 0.310 e. The molecule has 0 atom stereocenters. The molecule has 0 aromatic heterocycles. The van der Waals surface area contributed by atoms with Crippen LogP contribution < -0.4 is 0 Å². The second kappa shape index (κ2) is 7.75. The fourth-order valence-electron chi connectivity index (χ4n) is 1.47. The lowest BCUT2D eigenvalue weighted by Gasteiger charge is -2.28. The molecule has 0 aromatic carbocycles. The predicted octanol–water partition coefficient (Wildman–Crippen LogP) is 2.15. The first-order valence-electron chi connectivity index (χ1n) is 6.72. The number of carbonyl (C=O) groups excluding carboxylic acids is 1. The Morgan fingerprint density at radius 2 is 1.64 bits per heavy atom. The zero-order valence-corrected chi connectivity index (χ0v) is 12.9. The number of carboxylic acids is 1. The van der Waals surface area contributed by atoms with Gasteiger partial charge in [-0.2, -0.15) is 8.78 Å². The van der Waals surface area contributed by atoms with Crippen molar-refractivity contribution in [2.45, 2.75) is 38.0 Å². The molecule has 0 aliphatic heterocycles. The number of halogens is 4. The van der Waals surface area contributed by atoms with Gasteiger partial charge in [0.15, 0.2) is 0 Å². The van der Waals surface area contributed by atoms with E-state index in [9.17, 15) is 27.2 Å². The third-order valence-electron chi connectivity index (χ3n) is 3.18. The number of likely N-dealkylation sites (N-methyl/N-ethyl adjacent to an activating group) is 1. The summed E-state index contributed by atoms with van der Waals surface area (Å²) >= 11 is 0. The summed E-state index contributed by atoms with van der Waals surface area (Å²) in [4.78, 5) is 21.7. The summed E-state index contributed by atoms with van der Waals surface area (Å²) in [6.07, 6.45) is -2.15. The molecule has 130 valence electrons. The molecule has 0 aliphatic rings. The van der Waals surface area contributed by atoms with Crippen molar-refractivity contribution in [3.05, 3.63) is 0 Å². The van der Waals surface area contributed by atoms with Crippen LogP contribution >= 0.6 is 0 Å². The fraction of sp³-hybridized carbons (Fsp3) is 0.846. The second-order valence-corrected chi connectivity index (χ2v) is 5.84. The molecule has 0 saturated carbocycles.